The summed E-state index contributed by atoms with van der Waals surface area (Å²) in [5, 5.41) is 2.73. The molecule has 1 N–H and O–H groups in total. The number of ether oxygens (including phenoxy) is 2. The van der Waals surface area contributed by atoms with Crippen LogP contribution in [0.4, 0.5) is 11.6 Å². The number of methoxy groups -OCH3 is 1. The summed E-state index contributed by atoms with van der Waals surface area (Å²) < 4.78 is 10.7. The molecule has 0 saturated carbocycles. The fraction of sp³-hybridized carbons (Fsp3) is 0.389. The third-order valence-corrected chi connectivity index (χ3v) is 4.14. The number of hydrogen-bond acceptors (Lipinski definition) is 7. The number of nitrogens with one attached hydrogen (secondary N) is 1. The molecule has 2 aromatic rings. The van der Waals surface area contributed by atoms with E-state index in [1.807, 2.05) is 12.1 Å². The minimum atomic E-state index is -0.285. The van der Waals surface area contributed by atoms with Crippen molar-refractivity contribution in [3.63, 3.8) is 0 Å². The lowest BCUT2D eigenvalue weighted by atomic mass is 10.3. The number of nitrogens with zero attached hydrogens (tertiary/aromatic N) is 4. The van der Waals surface area contributed by atoms with Gasteiger partial charge in [0.05, 0.1) is 25.2 Å². The maximum absolute atomic E-state index is 12.1. The van der Waals surface area contributed by atoms with E-state index in [4.69, 9.17) is 9.47 Å². The Hall–Kier alpha value is -2.87. The Kier molecular flexibility index (Phi) is 5.85. The lowest BCUT2D eigenvalue weighted by molar-refractivity contribution is -0.118. The first-order chi connectivity index (χ1) is 12.7. The van der Waals surface area contributed by atoms with E-state index in [0.29, 0.717) is 23.1 Å². The normalized spacial score (nSPS) is 14.8. The summed E-state index contributed by atoms with van der Waals surface area (Å²) in [6, 6.07) is 7.18. The number of para-hydroxylation sites is 2. The van der Waals surface area contributed by atoms with Gasteiger partial charge < -0.3 is 24.6 Å². The summed E-state index contributed by atoms with van der Waals surface area (Å²) >= 11 is 0. The van der Waals surface area contributed by atoms with Crippen molar-refractivity contribution >= 4 is 17.5 Å². The van der Waals surface area contributed by atoms with Crippen molar-refractivity contribution in [3.05, 3.63) is 36.7 Å². The smallest absolute Gasteiger partial charge is 0.262 e. The van der Waals surface area contributed by atoms with E-state index in [1.165, 1.54) is 0 Å². The van der Waals surface area contributed by atoms with Crippen molar-refractivity contribution in [2.75, 3.05) is 57.2 Å². The van der Waals surface area contributed by atoms with E-state index in [1.54, 1.807) is 31.6 Å². The number of benzene rings is 1. The molecule has 1 aliphatic rings. The zero-order valence-corrected chi connectivity index (χ0v) is 15.0. The molecule has 1 amide bonds. The molecule has 0 spiro atoms. The first-order valence-corrected chi connectivity index (χ1v) is 8.47. The molecule has 0 aliphatic carbocycles. The van der Waals surface area contributed by atoms with E-state index in [0.717, 1.165) is 26.2 Å². The van der Waals surface area contributed by atoms with Gasteiger partial charge in [0.25, 0.3) is 5.91 Å². The van der Waals surface area contributed by atoms with E-state index < -0.39 is 0 Å². The molecule has 138 valence electrons. The Bertz CT molecular complexity index is 730. The monoisotopic (exact) mass is 357 g/mol. The number of rotatable bonds is 6. The Balaban J connectivity index is 1.51. The second-order valence-corrected chi connectivity index (χ2v) is 6.05. The second kappa shape index (κ2) is 8.48. The first kappa shape index (κ1) is 17.9. The summed E-state index contributed by atoms with van der Waals surface area (Å²) in [5.41, 5.74) is 0.538. The highest BCUT2D eigenvalue weighted by molar-refractivity contribution is 5.91. The lowest BCUT2D eigenvalue weighted by Crippen LogP contribution is -2.45. The molecule has 1 aromatic heterocycles. The number of carbonyl (C=O) groups is 1. The van der Waals surface area contributed by atoms with Crippen LogP contribution in [0.5, 0.6) is 11.5 Å². The zero-order chi connectivity index (χ0) is 18.4. The number of hydrogen-bond donors (Lipinski definition) is 1. The fourth-order valence-electron chi connectivity index (χ4n) is 2.63. The number of aromatic nitrogens is 2. The third kappa shape index (κ3) is 4.60. The molecule has 0 unspecified atom stereocenters. The van der Waals surface area contributed by atoms with E-state index in [2.05, 4.69) is 32.1 Å². The Labute approximate surface area is 152 Å². The van der Waals surface area contributed by atoms with Gasteiger partial charge in [0, 0.05) is 26.2 Å². The summed E-state index contributed by atoms with van der Waals surface area (Å²) in [6.45, 7) is 3.65. The third-order valence-electron chi connectivity index (χ3n) is 4.14. The molecule has 1 aliphatic heterocycles. The molecule has 8 heteroatoms. The van der Waals surface area contributed by atoms with Crippen LogP contribution in [-0.4, -0.2) is 67.7 Å². The number of carbonyl (C=O) groups excluding carboxylic acids is 1. The number of likely N-dealkylation sites (N-methyl/N-ethyl adjacent to an activating group) is 1. The Morgan fingerprint density at radius 2 is 1.77 bits per heavy atom. The van der Waals surface area contributed by atoms with Gasteiger partial charge in [-0.1, -0.05) is 12.1 Å². The van der Waals surface area contributed by atoms with Gasteiger partial charge in [-0.25, -0.2) is 9.97 Å². The van der Waals surface area contributed by atoms with Crippen LogP contribution in [0.1, 0.15) is 0 Å². The molecule has 26 heavy (non-hydrogen) atoms. The maximum Gasteiger partial charge on any atom is 0.262 e. The van der Waals surface area contributed by atoms with Crippen LogP contribution in [0.25, 0.3) is 0 Å². The molecule has 1 aromatic carbocycles. The van der Waals surface area contributed by atoms with Crippen LogP contribution in [0.2, 0.25) is 0 Å². The van der Waals surface area contributed by atoms with Gasteiger partial charge in [0.1, 0.15) is 0 Å². The summed E-state index contributed by atoms with van der Waals surface area (Å²) in [5.74, 6) is 1.50. The van der Waals surface area contributed by atoms with Crippen molar-refractivity contribution in [2.24, 2.45) is 0 Å². The SMILES string of the molecule is COc1ccccc1OCC(=O)Nc1cnc(N2CCN(C)CC2)nc1. The number of piperazine rings is 1. The van der Waals surface area contributed by atoms with Gasteiger partial charge in [0.15, 0.2) is 18.1 Å². The molecule has 2 heterocycles. The zero-order valence-electron chi connectivity index (χ0n) is 15.0. The van der Waals surface area contributed by atoms with Gasteiger partial charge in [-0.05, 0) is 19.2 Å². The van der Waals surface area contributed by atoms with Crippen molar-refractivity contribution < 1.29 is 14.3 Å². The van der Waals surface area contributed by atoms with Gasteiger partial charge >= 0.3 is 0 Å². The van der Waals surface area contributed by atoms with Gasteiger partial charge in [0.2, 0.25) is 5.95 Å². The second-order valence-electron chi connectivity index (χ2n) is 6.05. The van der Waals surface area contributed by atoms with Gasteiger partial charge in [-0.3, -0.25) is 4.79 Å². The maximum atomic E-state index is 12.1. The first-order valence-electron chi connectivity index (χ1n) is 8.47. The highest BCUT2D eigenvalue weighted by Crippen LogP contribution is 2.25. The molecule has 3 rings (SSSR count). The summed E-state index contributed by atoms with van der Waals surface area (Å²) in [7, 11) is 3.66. The molecule has 0 radical (unpaired) electrons. The van der Waals surface area contributed by atoms with Crippen LogP contribution in [-0.2, 0) is 4.79 Å². The van der Waals surface area contributed by atoms with Crippen LogP contribution in [0.15, 0.2) is 36.7 Å². The van der Waals surface area contributed by atoms with E-state index >= 15 is 0 Å². The molecule has 0 atom stereocenters. The standard InChI is InChI=1S/C18H23N5O3/c1-22-7-9-23(10-8-22)18-19-11-14(12-20-18)21-17(24)13-26-16-6-4-3-5-15(16)25-2/h3-6,11-12H,7-10,13H2,1-2H3,(H,21,24). The Morgan fingerprint density at radius 3 is 2.42 bits per heavy atom. The van der Waals surface area contributed by atoms with Gasteiger partial charge in [-0.15, -0.1) is 0 Å². The molecule has 1 fully saturated rings. The largest absolute Gasteiger partial charge is 0.493 e. The van der Waals surface area contributed by atoms with Crippen molar-refractivity contribution in [3.8, 4) is 11.5 Å². The molecule has 1 saturated heterocycles. The average Bonchev–Trinajstić information content (AvgIpc) is 2.68. The van der Waals surface area contributed by atoms with Crippen LogP contribution >= 0.6 is 0 Å². The topological polar surface area (TPSA) is 79.8 Å². The molecular formula is C18H23N5O3. The van der Waals surface area contributed by atoms with Crippen molar-refractivity contribution in [2.45, 2.75) is 0 Å². The quantitative estimate of drug-likeness (QED) is 0.833. The van der Waals surface area contributed by atoms with Crippen LogP contribution in [0, 0.1) is 0 Å². The minimum Gasteiger partial charge on any atom is -0.493 e. The predicted octanol–water partition coefficient (Wildman–Crippen LogP) is 1.25. The fourth-order valence-corrected chi connectivity index (χ4v) is 2.63. The summed E-state index contributed by atoms with van der Waals surface area (Å²) in [4.78, 5) is 25.2. The minimum absolute atomic E-state index is 0.124. The van der Waals surface area contributed by atoms with E-state index in [9.17, 15) is 4.79 Å². The van der Waals surface area contributed by atoms with Gasteiger partial charge in [-0.2, -0.15) is 0 Å². The van der Waals surface area contributed by atoms with Crippen molar-refractivity contribution in [1.29, 1.82) is 0 Å². The van der Waals surface area contributed by atoms with Crippen molar-refractivity contribution in [1.82, 2.24) is 14.9 Å². The average molecular weight is 357 g/mol. The number of anilines is 2. The molecule has 8 nitrogen and oxygen atoms in total. The number of amides is 1. The molecular weight excluding hydrogens is 334 g/mol. The Morgan fingerprint density at radius 1 is 1.12 bits per heavy atom. The predicted molar refractivity (Wildman–Crippen MR) is 98.9 cm³/mol. The van der Waals surface area contributed by atoms with E-state index in [-0.39, 0.29) is 12.5 Å². The highest BCUT2D eigenvalue weighted by atomic mass is 16.5. The van der Waals surface area contributed by atoms with Crippen LogP contribution in [0.3, 0.4) is 0 Å². The lowest BCUT2D eigenvalue weighted by Gasteiger charge is -2.32. The highest BCUT2D eigenvalue weighted by Gasteiger charge is 2.16. The van der Waals surface area contributed by atoms with Crippen LogP contribution < -0.4 is 19.7 Å². The molecule has 0 bridgehead atoms. The summed E-state index contributed by atoms with van der Waals surface area (Å²) in [6.07, 6.45) is 3.23.